The fraction of sp³-hybridized carbons (Fsp3) is 0.462. The lowest BCUT2D eigenvalue weighted by atomic mass is 10.0. The molecule has 0 bridgehead atoms. The minimum Gasteiger partial charge on any atom is -0.493 e. The van der Waals surface area contributed by atoms with Crippen LogP contribution in [0.2, 0.25) is 0 Å². The molecule has 0 aliphatic heterocycles. The quantitative estimate of drug-likeness (QED) is 0.482. The summed E-state index contributed by atoms with van der Waals surface area (Å²) in [5.74, 6) is 0.882. The van der Waals surface area contributed by atoms with Crippen molar-refractivity contribution in [3.8, 4) is 5.75 Å². The molecule has 0 aliphatic carbocycles. The molecule has 2 aromatic rings. The number of ether oxygens (including phenoxy) is 1. The molecule has 3 heteroatoms. The number of allylic oxidation sites excluding steroid dienone is 3. The van der Waals surface area contributed by atoms with Crippen molar-refractivity contribution < 1.29 is 14.9 Å². The van der Waals surface area contributed by atoms with Gasteiger partial charge in [-0.25, -0.2) is 0 Å². The van der Waals surface area contributed by atoms with Gasteiger partial charge in [0, 0.05) is 25.7 Å². The molecule has 0 fully saturated rings. The smallest absolute Gasteiger partial charge is 0.123 e. The Morgan fingerprint density at radius 3 is 2.24 bits per heavy atom. The van der Waals surface area contributed by atoms with Crippen LogP contribution in [0.3, 0.4) is 0 Å². The molecule has 164 valence electrons. The zero-order valence-corrected chi connectivity index (χ0v) is 19.5. The summed E-state index contributed by atoms with van der Waals surface area (Å²) in [7, 11) is 1.00. The predicted molar refractivity (Wildman–Crippen MR) is 129 cm³/mol. The van der Waals surface area contributed by atoms with E-state index in [-0.39, 0.29) is 6.61 Å². The van der Waals surface area contributed by atoms with Crippen LogP contribution in [0.25, 0.3) is 10.8 Å². The first kappa shape index (κ1) is 29.1. The van der Waals surface area contributed by atoms with Crippen LogP contribution < -0.4 is 4.74 Å². The van der Waals surface area contributed by atoms with Crippen LogP contribution in [-0.4, -0.2) is 30.5 Å². The molecule has 0 spiro atoms. The Bertz CT molecular complexity index is 687. The molecular weight excluding hydrogens is 360 g/mol. The lowest BCUT2D eigenvalue weighted by Crippen LogP contribution is -2.03. The van der Waals surface area contributed by atoms with E-state index in [1.54, 1.807) is 0 Å². The fourth-order valence-corrected chi connectivity index (χ4v) is 2.69. The molecule has 0 radical (unpaired) electrons. The van der Waals surface area contributed by atoms with Crippen LogP contribution in [0.15, 0.2) is 60.2 Å². The average molecular weight is 403 g/mol. The van der Waals surface area contributed by atoms with Gasteiger partial charge in [-0.3, -0.25) is 0 Å². The van der Waals surface area contributed by atoms with Gasteiger partial charge in [-0.1, -0.05) is 83.2 Å². The van der Waals surface area contributed by atoms with E-state index in [0.29, 0.717) is 13.0 Å². The molecule has 0 saturated carbocycles. The maximum Gasteiger partial charge on any atom is 0.123 e. The third-order valence-electron chi connectivity index (χ3n) is 3.95. The van der Waals surface area contributed by atoms with Gasteiger partial charge in [-0.2, -0.15) is 0 Å². The lowest BCUT2D eigenvalue weighted by molar-refractivity contribution is 0.290. The summed E-state index contributed by atoms with van der Waals surface area (Å²) in [6.45, 7) is 13.0. The van der Waals surface area contributed by atoms with Crippen molar-refractivity contribution in [1.29, 1.82) is 0 Å². The fourth-order valence-electron chi connectivity index (χ4n) is 2.69. The van der Waals surface area contributed by atoms with Gasteiger partial charge in [0.15, 0.2) is 0 Å². The summed E-state index contributed by atoms with van der Waals surface area (Å²) in [5, 5.41) is 18.7. The van der Waals surface area contributed by atoms with E-state index in [4.69, 9.17) is 9.84 Å². The van der Waals surface area contributed by atoms with Crippen LogP contribution in [0.1, 0.15) is 59.9 Å². The highest BCUT2D eigenvalue weighted by atomic mass is 16.5. The minimum absolute atomic E-state index is 0.129. The van der Waals surface area contributed by atoms with E-state index in [0.717, 1.165) is 36.7 Å². The molecule has 0 aromatic heterocycles. The molecule has 0 saturated heterocycles. The summed E-state index contributed by atoms with van der Waals surface area (Å²) >= 11 is 0. The minimum atomic E-state index is 0.129. The molecule has 0 amide bonds. The van der Waals surface area contributed by atoms with Gasteiger partial charge >= 0.3 is 0 Å². The standard InChI is InChI=1S/C21H26O2.2C2H6.CH4O/c1-3-5-8-17(4-2)14-16-23-21-12-11-18-9-6-7-10-19(18)20(21)13-15-22;3*1-2/h4-12,22H,3,13-16H2,1-2H3;2*1-2H3;2H,1H3/b8-5-,17-4+;;;. The Balaban J connectivity index is 0. The van der Waals surface area contributed by atoms with Crippen molar-refractivity contribution in [2.75, 3.05) is 20.3 Å². The molecule has 29 heavy (non-hydrogen) atoms. The van der Waals surface area contributed by atoms with Gasteiger partial charge in [0.2, 0.25) is 0 Å². The van der Waals surface area contributed by atoms with Crippen LogP contribution >= 0.6 is 0 Å². The Morgan fingerprint density at radius 2 is 1.66 bits per heavy atom. The van der Waals surface area contributed by atoms with Crippen LogP contribution in [0.5, 0.6) is 5.75 Å². The topological polar surface area (TPSA) is 49.7 Å². The summed E-state index contributed by atoms with van der Waals surface area (Å²) in [4.78, 5) is 0. The Labute approximate surface area is 178 Å². The summed E-state index contributed by atoms with van der Waals surface area (Å²) in [5.41, 5.74) is 2.38. The van der Waals surface area contributed by atoms with Gasteiger partial charge in [-0.15, -0.1) is 0 Å². The van der Waals surface area contributed by atoms with Crippen LogP contribution in [0.4, 0.5) is 0 Å². The van der Waals surface area contributed by atoms with Crippen molar-refractivity contribution in [2.45, 2.75) is 60.8 Å². The highest BCUT2D eigenvalue weighted by molar-refractivity contribution is 5.87. The number of hydrogen-bond donors (Lipinski definition) is 2. The van der Waals surface area contributed by atoms with E-state index in [1.807, 2.05) is 45.9 Å². The Hall–Kier alpha value is -2.10. The van der Waals surface area contributed by atoms with Gasteiger partial charge in [0.05, 0.1) is 6.61 Å². The van der Waals surface area contributed by atoms with E-state index >= 15 is 0 Å². The molecule has 0 unspecified atom stereocenters. The highest BCUT2D eigenvalue weighted by Crippen LogP contribution is 2.28. The van der Waals surface area contributed by atoms with Crippen molar-refractivity contribution in [3.63, 3.8) is 0 Å². The van der Waals surface area contributed by atoms with Crippen molar-refractivity contribution in [2.24, 2.45) is 0 Å². The number of aliphatic hydroxyl groups excluding tert-OH is 2. The number of rotatable bonds is 8. The second-order valence-electron chi connectivity index (χ2n) is 5.51. The summed E-state index contributed by atoms with van der Waals surface area (Å²) in [6, 6.07) is 12.3. The Kier molecular flexibility index (Phi) is 20.7. The first-order valence-electron chi connectivity index (χ1n) is 10.8. The molecular formula is C26H42O3. The largest absolute Gasteiger partial charge is 0.493 e. The van der Waals surface area contributed by atoms with Crippen molar-refractivity contribution >= 4 is 10.8 Å². The second-order valence-corrected chi connectivity index (χ2v) is 5.51. The summed E-state index contributed by atoms with van der Waals surface area (Å²) in [6.07, 6.45) is 9.01. The average Bonchev–Trinajstić information content (AvgIpc) is 2.81. The highest BCUT2D eigenvalue weighted by Gasteiger charge is 2.08. The van der Waals surface area contributed by atoms with Crippen LogP contribution in [0, 0.1) is 0 Å². The van der Waals surface area contributed by atoms with Gasteiger partial charge in [0.1, 0.15) is 5.75 Å². The molecule has 2 aromatic carbocycles. The van der Waals surface area contributed by atoms with E-state index in [1.165, 1.54) is 11.0 Å². The maximum absolute atomic E-state index is 9.38. The van der Waals surface area contributed by atoms with E-state index < -0.39 is 0 Å². The molecule has 0 aliphatic rings. The van der Waals surface area contributed by atoms with Gasteiger partial charge in [0.25, 0.3) is 0 Å². The van der Waals surface area contributed by atoms with Gasteiger partial charge < -0.3 is 14.9 Å². The second kappa shape index (κ2) is 20.6. The van der Waals surface area contributed by atoms with E-state index in [9.17, 15) is 5.11 Å². The Morgan fingerprint density at radius 1 is 1.00 bits per heavy atom. The molecule has 3 nitrogen and oxygen atoms in total. The van der Waals surface area contributed by atoms with Gasteiger partial charge in [-0.05, 0) is 42.2 Å². The maximum atomic E-state index is 9.38. The number of fused-ring (bicyclic) bond motifs is 1. The summed E-state index contributed by atoms with van der Waals surface area (Å²) < 4.78 is 6.02. The lowest BCUT2D eigenvalue weighted by Gasteiger charge is -2.14. The first-order chi connectivity index (χ1) is 14.3. The van der Waals surface area contributed by atoms with E-state index in [2.05, 4.69) is 50.3 Å². The monoisotopic (exact) mass is 402 g/mol. The molecule has 0 heterocycles. The van der Waals surface area contributed by atoms with Crippen molar-refractivity contribution in [1.82, 2.24) is 0 Å². The first-order valence-corrected chi connectivity index (χ1v) is 10.8. The van der Waals surface area contributed by atoms with Crippen molar-refractivity contribution in [3.05, 3.63) is 65.8 Å². The van der Waals surface area contributed by atoms with Crippen LogP contribution in [-0.2, 0) is 6.42 Å². The number of aliphatic hydroxyl groups is 2. The zero-order chi connectivity index (χ0) is 22.5. The molecule has 0 atom stereocenters. The molecule has 2 rings (SSSR count). The third kappa shape index (κ3) is 10.9. The number of hydrogen-bond acceptors (Lipinski definition) is 3. The molecule has 2 N–H and O–H groups in total. The number of benzene rings is 2. The SMILES string of the molecule is C/C=C(\C=C/CC)CCOc1ccc2ccccc2c1CCO.CC.CC.CO. The third-order valence-corrected chi connectivity index (χ3v) is 3.95. The zero-order valence-electron chi connectivity index (χ0n) is 19.5. The predicted octanol–water partition coefficient (Wildman–Crippen LogP) is 6.72. The normalized spacial score (nSPS) is 10.3.